The van der Waals surface area contributed by atoms with Crippen molar-refractivity contribution in [2.45, 2.75) is 91.3 Å². The summed E-state index contributed by atoms with van der Waals surface area (Å²) in [7, 11) is 0. The number of nitrogens with zero attached hydrogens (tertiary/aromatic N) is 1. The average Bonchev–Trinajstić information content (AvgIpc) is 3.19. The van der Waals surface area contributed by atoms with E-state index in [1.807, 2.05) is 20.8 Å². The van der Waals surface area contributed by atoms with Crippen LogP contribution >= 0.6 is 0 Å². The number of amides is 1. The zero-order valence-corrected chi connectivity index (χ0v) is 19.9. The van der Waals surface area contributed by atoms with Gasteiger partial charge in [-0.15, -0.1) is 12.8 Å². The van der Waals surface area contributed by atoms with Crippen LogP contribution in [0.1, 0.15) is 90.2 Å². The molecule has 5 N–H and O–H groups in total. The number of halogens is 1. The van der Waals surface area contributed by atoms with E-state index in [2.05, 4.69) is 28.1 Å². The summed E-state index contributed by atoms with van der Waals surface area (Å²) in [6.45, 7) is 10.2. The fourth-order valence-electron chi connectivity index (χ4n) is 3.86. The Kier molecular flexibility index (Phi) is 13.7. The molecule has 7 heteroatoms. The second-order valence-electron chi connectivity index (χ2n) is 8.32. The Morgan fingerprint density at radius 1 is 1.35 bits per heavy atom. The summed E-state index contributed by atoms with van der Waals surface area (Å²) in [6, 6.07) is -0.0303. The highest BCUT2D eigenvalue weighted by Gasteiger charge is 2.33. The third-order valence-electron chi connectivity index (χ3n) is 5.61. The van der Waals surface area contributed by atoms with Crippen LogP contribution in [0.5, 0.6) is 0 Å². The van der Waals surface area contributed by atoms with Crippen molar-refractivity contribution in [3.8, 4) is 12.8 Å². The monoisotopic (exact) mass is 435 g/mol. The van der Waals surface area contributed by atoms with E-state index in [0.29, 0.717) is 30.9 Å². The fourth-order valence-corrected chi connectivity index (χ4v) is 3.86. The Balaban J connectivity index is 0.000000526. The van der Waals surface area contributed by atoms with Crippen LogP contribution in [0.25, 0.3) is 0 Å². The lowest BCUT2D eigenvalue weighted by molar-refractivity contribution is -0.126. The van der Waals surface area contributed by atoms with Gasteiger partial charge in [-0.1, -0.05) is 13.8 Å². The number of carbonyl (C=O) groups excluding carboxylic acids is 1. The second kappa shape index (κ2) is 14.7. The van der Waals surface area contributed by atoms with Crippen LogP contribution in [0, 0.1) is 37.0 Å². The molecule has 1 saturated carbocycles. The molecule has 6 nitrogen and oxygen atoms in total. The smallest absolute Gasteiger partial charge is 0.223 e. The molecule has 0 aromatic carbocycles. The molecule has 1 aliphatic heterocycles. The number of aryl methyl sites for hydroxylation is 1. The van der Waals surface area contributed by atoms with Gasteiger partial charge in [-0.3, -0.25) is 4.79 Å². The first kappa shape index (κ1) is 28.8. The lowest BCUT2D eigenvalue weighted by Gasteiger charge is -2.33. The topological polar surface area (TPSA) is 108 Å². The molecule has 1 amide bonds. The van der Waals surface area contributed by atoms with Crippen LogP contribution < -0.4 is 11.1 Å². The number of hydrogen-bond acceptors (Lipinski definition) is 4. The molecule has 31 heavy (non-hydrogen) atoms. The number of alkyl halides is 1. The van der Waals surface area contributed by atoms with Gasteiger partial charge in [-0.2, -0.15) is 0 Å². The normalized spacial score (nSPS) is 25.8. The first-order chi connectivity index (χ1) is 14.7. The molecule has 0 spiro atoms. The van der Waals surface area contributed by atoms with Crippen LogP contribution in [0.3, 0.4) is 0 Å². The highest BCUT2D eigenvalue weighted by Crippen LogP contribution is 2.39. The van der Waals surface area contributed by atoms with Crippen molar-refractivity contribution in [3.05, 3.63) is 17.7 Å². The molecule has 2 aliphatic rings. The maximum Gasteiger partial charge on any atom is 0.223 e. The third kappa shape index (κ3) is 10.6. The number of nitrogens with two attached hydrogens (primary N) is 1. The molecule has 2 unspecified atom stereocenters. The van der Waals surface area contributed by atoms with E-state index in [0.717, 1.165) is 43.7 Å². The van der Waals surface area contributed by atoms with Crippen molar-refractivity contribution in [1.29, 1.82) is 5.41 Å². The van der Waals surface area contributed by atoms with Gasteiger partial charge < -0.3 is 21.4 Å². The van der Waals surface area contributed by atoms with Gasteiger partial charge >= 0.3 is 0 Å². The van der Waals surface area contributed by atoms with Crippen molar-refractivity contribution in [2.75, 3.05) is 6.54 Å². The standard InChI is InChI=1S/C12H20FN3.C8H14N2O.C2H6.C2H2/c1-8-15-7-10(16-8)11(14)9-3-5-12(2,13)6-4-9;1-6(9)5-7-3-2-4-10-8(7)11;2*1-2/h7,9,11H,3-6,14H2,1-2H3,(H,15,16);7,9H,2-5H2,1H3,(H,10,11);1-2H3;1-2H. The summed E-state index contributed by atoms with van der Waals surface area (Å²) in [5.74, 6) is 1.46. The molecular weight excluding hydrogens is 393 g/mol. The number of piperidine rings is 1. The van der Waals surface area contributed by atoms with Crippen LogP contribution in [0.2, 0.25) is 0 Å². The van der Waals surface area contributed by atoms with E-state index in [4.69, 9.17) is 11.1 Å². The Morgan fingerprint density at radius 2 is 1.94 bits per heavy atom. The van der Waals surface area contributed by atoms with Crippen LogP contribution in [-0.4, -0.2) is 33.8 Å². The molecule has 1 aliphatic carbocycles. The molecule has 1 saturated heterocycles. The molecule has 2 atom stereocenters. The van der Waals surface area contributed by atoms with E-state index in [9.17, 15) is 9.18 Å². The van der Waals surface area contributed by atoms with Crippen molar-refractivity contribution in [1.82, 2.24) is 15.3 Å². The van der Waals surface area contributed by atoms with Gasteiger partial charge in [0.05, 0.1) is 5.69 Å². The number of aromatic nitrogens is 2. The van der Waals surface area contributed by atoms with Gasteiger partial charge in [-0.25, -0.2) is 9.37 Å². The molecule has 1 aromatic rings. The number of H-pyrrole nitrogens is 1. The van der Waals surface area contributed by atoms with Gasteiger partial charge in [0.1, 0.15) is 11.5 Å². The lowest BCUT2D eigenvalue weighted by Crippen LogP contribution is -2.37. The van der Waals surface area contributed by atoms with E-state index < -0.39 is 5.67 Å². The van der Waals surface area contributed by atoms with E-state index in [-0.39, 0.29) is 17.9 Å². The summed E-state index contributed by atoms with van der Waals surface area (Å²) in [5, 5.41) is 10.0. The number of imidazole rings is 1. The zero-order chi connectivity index (χ0) is 24.0. The van der Waals surface area contributed by atoms with Gasteiger partial charge in [-0.05, 0) is 71.6 Å². The molecule has 0 radical (unpaired) electrons. The number of nitrogens with one attached hydrogen (secondary N) is 3. The largest absolute Gasteiger partial charge is 0.356 e. The number of hydrogen-bond donors (Lipinski definition) is 4. The summed E-state index contributed by atoms with van der Waals surface area (Å²) in [6.07, 6.45) is 15.4. The zero-order valence-electron chi connectivity index (χ0n) is 19.9. The average molecular weight is 436 g/mol. The molecular formula is C24H42FN5O. The Bertz CT molecular complexity index is 673. The fraction of sp³-hybridized carbons (Fsp3) is 0.708. The van der Waals surface area contributed by atoms with Crippen molar-refractivity contribution < 1.29 is 9.18 Å². The van der Waals surface area contributed by atoms with E-state index in [1.54, 1.807) is 20.0 Å². The maximum absolute atomic E-state index is 13.7. The number of aromatic amines is 1. The van der Waals surface area contributed by atoms with E-state index >= 15 is 0 Å². The van der Waals surface area contributed by atoms with Gasteiger partial charge in [0.15, 0.2) is 0 Å². The van der Waals surface area contributed by atoms with Gasteiger partial charge in [0, 0.05) is 30.4 Å². The maximum atomic E-state index is 13.7. The quantitative estimate of drug-likeness (QED) is 0.401. The van der Waals surface area contributed by atoms with Crippen LogP contribution in [0.4, 0.5) is 4.39 Å². The Hall–Kier alpha value is -2.20. The first-order valence-electron chi connectivity index (χ1n) is 11.3. The van der Waals surface area contributed by atoms with Crippen molar-refractivity contribution >= 4 is 11.6 Å². The third-order valence-corrected chi connectivity index (χ3v) is 5.61. The van der Waals surface area contributed by atoms with Gasteiger partial charge in [0.2, 0.25) is 5.91 Å². The minimum Gasteiger partial charge on any atom is -0.356 e. The molecule has 0 bridgehead atoms. The minimum absolute atomic E-state index is 0.0303. The molecule has 3 rings (SSSR count). The summed E-state index contributed by atoms with van der Waals surface area (Å²) in [4.78, 5) is 18.4. The molecule has 1 aromatic heterocycles. The van der Waals surface area contributed by atoms with Gasteiger partial charge in [0.25, 0.3) is 0 Å². The van der Waals surface area contributed by atoms with Crippen LogP contribution in [-0.2, 0) is 4.79 Å². The van der Waals surface area contributed by atoms with E-state index in [1.165, 1.54) is 0 Å². The second-order valence-corrected chi connectivity index (χ2v) is 8.32. The van der Waals surface area contributed by atoms with Crippen molar-refractivity contribution in [3.63, 3.8) is 0 Å². The van der Waals surface area contributed by atoms with Crippen molar-refractivity contribution in [2.24, 2.45) is 17.6 Å². The van der Waals surface area contributed by atoms with Crippen LogP contribution in [0.15, 0.2) is 6.20 Å². The lowest BCUT2D eigenvalue weighted by atomic mass is 9.77. The summed E-state index contributed by atoms with van der Waals surface area (Å²) >= 11 is 0. The summed E-state index contributed by atoms with van der Waals surface area (Å²) < 4.78 is 13.7. The highest BCUT2D eigenvalue weighted by molar-refractivity contribution is 5.87. The number of terminal acetylenes is 1. The summed E-state index contributed by atoms with van der Waals surface area (Å²) in [5.41, 5.74) is 6.77. The molecule has 2 heterocycles. The molecule has 176 valence electrons. The minimum atomic E-state index is -0.986. The first-order valence-corrected chi connectivity index (χ1v) is 11.3. The molecule has 2 fully saturated rings. The number of carbonyl (C=O) groups is 1. The predicted octanol–water partition coefficient (Wildman–Crippen LogP) is 4.85. The highest BCUT2D eigenvalue weighted by atomic mass is 19.1. The SMILES string of the molecule is C#C.CC.CC(=N)CC1CCCNC1=O.Cc1ncc(C(N)C2CCC(C)(F)CC2)[nH]1. The number of rotatable bonds is 4. The predicted molar refractivity (Wildman–Crippen MR) is 127 cm³/mol. The Morgan fingerprint density at radius 3 is 2.39 bits per heavy atom. The Labute approximate surface area is 187 Å².